The third-order valence-electron chi connectivity index (χ3n) is 5.28. The van der Waals surface area contributed by atoms with Crippen LogP contribution in [0.4, 0.5) is 0 Å². The molecule has 2 aliphatic heterocycles. The summed E-state index contributed by atoms with van der Waals surface area (Å²) in [6, 6.07) is 11.1. The quantitative estimate of drug-likeness (QED) is 0.397. The van der Waals surface area contributed by atoms with Crippen LogP contribution in [-0.2, 0) is 16.1 Å². The molecule has 3 aromatic rings. The highest BCUT2D eigenvalue weighted by molar-refractivity contribution is 6.46. The third-order valence-corrected chi connectivity index (χ3v) is 5.28. The van der Waals surface area contributed by atoms with E-state index in [0.29, 0.717) is 22.6 Å². The Hall–Kier alpha value is -4.20. The van der Waals surface area contributed by atoms with Crippen LogP contribution in [0.1, 0.15) is 22.7 Å². The number of likely N-dealkylation sites (tertiary alicyclic amines) is 1. The highest BCUT2D eigenvalue weighted by atomic mass is 16.7. The summed E-state index contributed by atoms with van der Waals surface area (Å²) in [6.07, 6.45) is 6.44. The van der Waals surface area contributed by atoms with Crippen molar-refractivity contribution in [2.75, 3.05) is 6.79 Å². The molecule has 1 saturated heterocycles. The molecule has 0 aliphatic carbocycles. The summed E-state index contributed by atoms with van der Waals surface area (Å²) in [5.74, 6) is -0.686. The van der Waals surface area contributed by atoms with E-state index < -0.39 is 17.7 Å². The molecule has 1 atom stereocenters. The number of aliphatic hydroxyl groups excluding tert-OH is 1. The first-order chi connectivity index (χ1) is 15.1. The molecule has 4 heterocycles. The number of pyridine rings is 2. The van der Waals surface area contributed by atoms with E-state index in [4.69, 9.17) is 9.47 Å². The van der Waals surface area contributed by atoms with E-state index in [-0.39, 0.29) is 24.7 Å². The predicted molar refractivity (Wildman–Crippen MR) is 109 cm³/mol. The van der Waals surface area contributed by atoms with Gasteiger partial charge in [-0.1, -0.05) is 6.07 Å². The van der Waals surface area contributed by atoms with Crippen LogP contribution >= 0.6 is 0 Å². The first-order valence-corrected chi connectivity index (χ1v) is 9.61. The first-order valence-electron chi connectivity index (χ1n) is 9.61. The minimum absolute atomic E-state index is 0.0129. The number of nitrogens with zero attached hydrogens (tertiary/aromatic N) is 3. The Morgan fingerprint density at radius 3 is 2.61 bits per heavy atom. The van der Waals surface area contributed by atoms with Crippen molar-refractivity contribution in [2.45, 2.75) is 12.6 Å². The van der Waals surface area contributed by atoms with Crippen LogP contribution in [0, 0.1) is 0 Å². The number of fused-ring (bicyclic) bond motifs is 1. The summed E-state index contributed by atoms with van der Waals surface area (Å²) in [7, 11) is 0. The maximum absolute atomic E-state index is 13.0. The molecule has 1 fully saturated rings. The van der Waals surface area contributed by atoms with Crippen LogP contribution in [0.2, 0.25) is 0 Å². The number of rotatable bonds is 4. The van der Waals surface area contributed by atoms with Gasteiger partial charge in [-0.25, -0.2) is 0 Å². The fraction of sp³-hybridized carbons (Fsp3) is 0.130. The van der Waals surface area contributed by atoms with E-state index in [1.54, 1.807) is 61.2 Å². The van der Waals surface area contributed by atoms with Crippen LogP contribution < -0.4 is 9.47 Å². The minimum Gasteiger partial charge on any atom is -0.507 e. The summed E-state index contributed by atoms with van der Waals surface area (Å²) in [4.78, 5) is 35.6. The van der Waals surface area contributed by atoms with Gasteiger partial charge >= 0.3 is 0 Å². The molecule has 8 heteroatoms. The number of carbonyl (C=O) groups excluding carboxylic acids is 2. The van der Waals surface area contributed by atoms with Gasteiger partial charge in [0, 0.05) is 36.9 Å². The topological polar surface area (TPSA) is 102 Å². The zero-order valence-corrected chi connectivity index (χ0v) is 16.3. The number of amides is 1. The van der Waals surface area contributed by atoms with Crippen molar-refractivity contribution in [2.24, 2.45) is 0 Å². The van der Waals surface area contributed by atoms with E-state index in [1.807, 2.05) is 6.07 Å². The number of aliphatic hydroxyl groups is 1. The molecule has 8 nitrogen and oxygen atoms in total. The maximum Gasteiger partial charge on any atom is 0.295 e. The predicted octanol–water partition coefficient (Wildman–Crippen LogP) is 2.83. The van der Waals surface area contributed by atoms with Crippen molar-refractivity contribution in [1.29, 1.82) is 0 Å². The highest BCUT2D eigenvalue weighted by Crippen LogP contribution is 2.41. The second kappa shape index (κ2) is 7.56. The summed E-state index contributed by atoms with van der Waals surface area (Å²) in [6.45, 7) is 0.259. The minimum atomic E-state index is -0.770. The molecule has 0 radical (unpaired) electrons. The van der Waals surface area contributed by atoms with E-state index in [9.17, 15) is 14.7 Å². The molecule has 2 aromatic heterocycles. The zero-order chi connectivity index (χ0) is 21.4. The molecule has 1 aromatic carbocycles. The van der Waals surface area contributed by atoms with E-state index >= 15 is 0 Å². The Morgan fingerprint density at radius 1 is 1.03 bits per heavy atom. The molecule has 1 amide bonds. The second-order valence-electron chi connectivity index (χ2n) is 7.14. The molecular weight excluding hydrogens is 398 g/mol. The van der Waals surface area contributed by atoms with E-state index in [2.05, 4.69) is 9.97 Å². The van der Waals surface area contributed by atoms with Gasteiger partial charge in [-0.3, -0.25) is 19.6 Å². The summed E-state index contributed by atoms with van der Waals surface area (Å²) in [5.41, 5.74) is 1.81. The lowest BCUT2D eigenvalue weighted by molar-refractivity contribution is -0.140. The lowest BCUT2D eigenvalue weighted by atomic mass is 9.95. The van der Waals surface area contributed by atoms with Gasteiger partial charge in [-0.15, -0.1) is 0 Å². The van der Waals surface area contributed by atoms with Crippen molar-refractivity contribution >= 4 is 17.4 Å². The van der Waals surface area contributed by atoms with Crippen molar-refractivity contribution < 1.29 is 24.2 Å². The summed E-state index contributed by atoms with van der Waals surface area (Å²) in [5, 5.41) is 11.1. The largest absolute Gasteiger partial charge is 0.507 e. The first kappa shape index (κ1) is 18.8. The Morgan fingerprint density at radius 2 is 1.84 bits per heavy atom. The number of hydrogen-bond acceptors (Lipinski definition) is 7. The normalized spacial score (nSPS) is 19.1. The summed E-state index contributed by atoms with van der Waals surface area (Å²) >= 11 is 0. The van der Waals surface area contributed by atoms with Crippen LogP contribution in [0.3, 0.4) is 0 Å². The van der Waals surface area contributed by atoms with Gasteiger partial charge in [0.05, 0.1) is 11.6 Å². The number of ketones is 1. The molecule has 0 bridgehead atoms. The average Bonchev–Trinajstić information content (AvgIpc) is 3.38. The lowest BCUT2D eigenvalue weighted by Gasteiger charge is -2.25. The fourth-order valence-corrected chi connectivity index (χ4v) is 3.82. The standard InChI is InChI=1S/C23H17N3O5/c27-21(16-3-4-17-18(10-16)31-13-30-17)19-20(15-5-8-24-9-6-15)26(23(29)22(19)28)12-14-2-1-7-25-11-14/h1-11,20,27H,12-13H2/b21-19-. The van der Waals surface area contributed by atoms with Gasteiger partial charge in [-0.2, -0.15) is 0 Å². The van der Waals surface area contributed by atoms with Crippen LogP contribution in [-0.4, -0.2) is 38.5 Å². The van der Waals surface area contributed by atoms with Crippen LogP contribution in [0.5, 0.6) is 11.5 Å². The van der Waals surface area contributed by atoms with Crippen LogP contribution in [0.25, 0.3) is 5.76 Å². The number of hydrogen-bond donors (Lipinski definition) is 1. The van der Waals surface area contributed by atoms with Crippen molar-refractivity contribution in [1.82, 2.24) is 14.9 Å². The monoisotopic (exact) mass is 415 g/mol. The van der Waals surface area contributed by atoms with Gasteiger partial charge in [0.25, 0.3) is 11.7 Å². The molecule has 1 N–H and O–H groups in total. The Bertz CT molecular complexity index is 1190. The zero-order valence-electron chi connectivity index (χ0n) is 16.3. The molecule has 5 rings (SSSR count). The lowest BCUT2D eigenvalue weighted by Crippen LogP contribution is -2.29. The molecule has 2 aliphatic rings. The molecular formula is C23H17N3O5. The Balaban J connectivity index is 1.63. The fourth-order valence-electron chi connectivity index (χ4n) is 3.82. The number of benzene rings is 1. The van der Waals surface area contributed by atoms with Gasteiger partial charge in [0.2, 0.25) is 6.79 Å². The molecule has 0 saturated carbocycles. The number of aromatic nitrogens is 2. The van der Waals surface area contributed by atoms with Crippen LogP contribution in [0.15, 0.2) is 72.8 Å². The van der Waals surface area contributed by atoms with Crippen molar-refractivity contribution in [3.63, 3.8) is 0 Å². The van der Waals surface area contributed by atoms with E-state index in [0.717, 1.165) is 5.56 Å². The van der Waals surface area contributed by atoms with Gasteiger partial charge in [-0.05, 0) is 47.5 Å². The average molecular weight is 415 g/mol. The van der Waals surface area contributed by atoms with Crippen molar-refractivity contribution in [3.05, 3.63) is 89.5 Å². The SMILES string of the molecule is O=C1C(=O)N(Cc2cccnc2)C(c2ccncc2)/C1=C(/O)c1ccc2c(c1)OCO2. The summed E-state index contributed by atoms with van der Waals surface area (Å²) < 4.78 is 10.7. The second-order valence-corrected chi connectivity index (χ2v) is 7.14. The highest BCUT2D eigenvalue weighted by Gasteiger charge is 2.46. The molecule has 1 unspecified atom stereocenters. The van der Waals surface area contributed by atoms with Gasteiger partial charge in [0.15, 0.2) is 11.5 Å². The molecule has 154 valence electrons. The number of Topliss-reactive ketones (excluding diaryl/α,β-unsaturated/α-hetero) is 1. The number of ether oxygens (including phenoxy) is 2. The van der Waals surface area contributed by atoms with Gasteiger partial charge < -0.3 is 19.5 Å². The van der Waals surface area contributed by atoms with Gasteiger partial charge in [0.1, 0.15) is 5.76 Å². The molecule has 31 heavy (non-hydrogen) atoms. The van der Waals surface area contributed by atoms with E-state index in [1.165, 1.54) is 4.90 Å². The van der Waals surface area contributed by atoms with Crippen molar-refractivity contribution in [3.8, 4) is 11.5 Å². The maximum atomic E-state index is 13.0. The number of carbonyl (C=O) groups is 2. The Labute approximate surface area is 177 Å². The third kappa shape index (κ3) is 3.28. The Kier molecular flexibility index (Phi) is 4.59. The molecule has 0 spiro atoms. The smallest absolute Gasteiger partial charge is 0.295 e.